The monoisotopic (exact) mass is 321 g/mol. The second-order valence-electron chi connectivity index (χ2n) is 4.36. The molecule has 2 rings (SSSR count). The smallest absolute Gasteiger partial charge is 0.303 e. The lowest BCUT2D eigenvalue weighted by molar-refractivity contribution is -0.137. The highest BCUT2D eigenvalue weighted by atomic mass is 32.2. The van der Waals surface area contributed by atoms with Gasteiger partial charge in [-0.1, -0.05) is 18.2 Å². The van der Waals surface area contributed by atoms with Gasteiger partial charge in [0.25, 0.3) is 0 Å². The van der Waals surface area contributed by atoms with Crippen LogP contribution in [-0.2, 0) is 16.0 Å². The van der Waals surface area contributed by atoms with Gasteiger partial charge >= 0.3 is 5.97 Å². The fourth-order valence-electron chi connectivity index (χ4n) is 1.69. The molecule has 0 unspecified atom stereocenters. The summed E-state index contributed by atoms with van der Waals surface area (Å²) in [5.41, 5.74) is 1.68. The third-order valence-electron chi connectivity index (χ3n) is 2.71. The van der Waals surface area contributed by atoms with Gasteiger partial charge in [0.1, 0.15) is 0 Å². The molecular formula is C15H15NO3S2. The summed E-state index contributed by atoms with van der Waals surface area (Å²) in [6.45, 7) is 0. The maximum Gasteiger partial charge on any atom is 0.303 e. The summed E-state index contributed by atoms with van der Waals surface area (Å²) in [6, 6.07) is 11.2. The number of carbonyl (C=O) groups excluding carboxylic acids is 1. The molecular weight excluding hydrogens is 306 g/mol. The maximum atomic E-state index is 11.8. The number of hydrogen-bond donors (Lipinski definition) is 2. The zero-order chi connectivity index (χ0) is 15.1. The Morgan fingerprint density at radius 2 is 1.95 bits per heavy atom. The molecule has 0 spiro atoms. The predicted octanol–water partition coefficient (Wildman–Crippen LogP) is 3.50. The number of nitrogens with one attached hydrogen (secondary N) is 1. The Morgan fingerprint density at radius 1 is 1.19 bits per heavy atom. The quantitative estimate of drug-likeness (QED) is 0.766. The number of carbonyl (C=O) groups is 2. The van der Waals surface area contributed by atoms with Crippen LogP contribution in [0.4, 0.5) is 5.69 Å². The number of hydrogen-bond acceptors (Lipinski definition) is 4. The van der Waals surface area contributed by atoms with Crippen molar-refractivity contribution < 1.29 is 14.7 Å². The average molecular weight is 321 g/mol. The number of carboxylic acid groups (broad SMARTS) is 1. The van der Waals surface area contributed by atoms with Crippen molar-refractivity contribution in [3.05, 3.63) is 47.3 Å². The topological polar surface area (TPSA) is 66.4 Å². The molecule has 0 aliphatic rings. The first-order valence-electron chi connectivity index (χ1n) is 6.40. The molecule has 6 heteroatoms. The molecule has 1 amide bonds. The van der Waals surface area contributed by atoms with E-state index in [1.165, 1.54) is 11.8 Å². The van der Waals surface area contributed by atoms with Crippen molar-refractivity contribution in [3.8, 4) is 0 Å². The Morgan fingerprint density at radius 3 is 2.57 bits per heavy atom. The Labute approximate surface area is 131 Å². The van der Waals surface area contributed by atoms with E-state index >= 15 is 0 Å². The molecule has 0 atom stereocenters. The van der Waals surface area contributed by atoms with Crippen molar-refractivity contribution in [1.82, 2.24) is 0 Å². The zero-order valence-corrected chi connectivity index (χ0v) is 12.9. The van der Waals surface area contributed by atoms with Crippen molar-refractivity contribution in [2.75, 3.05) is 11.1 Å². The van der Waals surface area contributed by atoms with Crippen LogP contribution in [-0.4, -0.2) is 22.7 Å². The minimum Gasteiger partial charge on any atom is -0.481 e. The van der Waals surface area contributed by atoms with E-state index in [0.717, 1.165) is 15.5 Å². The van der Waals surface area contributed by atoms with Crippen LogP contribution in [0.25, 0.3) is 0 Å². The lowest BCUT2D eigenvalue weighted by Crippen LogP contribution is -2.13. The third kappa shape index (κ3) is 5.61. The summed E-state index contributed by atoms with van der Waals surface area (Å²) in [4.78, 5) is 22.3. The van der Waals surface area contributed by atoms with Crippen molar-refractivity contribution in [3.63, 3.8) is 0 Å². The molecule has 2 N–H and O–H groups in total. The van der Waals surface area contributed by atoms with Crippen molar-refractivity contribution in [1.29, 1.82) is 0 Å². The summed E-state index contributed by atoms with van der Waals surface area (Å²) in [6.07, 6.45) is 0.612. The lowest BCUT2D eigenvalue weighted by Gasteiger charge is -2.06. The van der Waals surface area contributed by atoms with E-state index in [4.69, 9.17) is 5.11 Å². The summed E-state index contributed by atoms with van der Waals surface area (Å²) >= 11 is 3.13. The number of rotatable bonds is 7. The number of thioether (sulfide) groups is 1. The molecule has 1 heterocycles. The molecule has 0 fully saturated rings. The van der Waals surface area contributed by atoms with Crippen LogP contribution in [0.1, 0.15) is 12.0 Å². The van der Waals surface area contributed by atoms with E-state index in [2.05, 4.69) is 5.32 Å². The van der Waals surface area contributed by atoms with Gasteiger partial charge in [-0.05, 0) is 35.6 Å². The van der Waals surface area contributed by atoms with E-state index < -0.39 is 5.97 Å². The molecule has 0 radical (unpaired) electrons. The molecule has 0 aliphatic heterocycles. The molecule has 110 valence electrons. The molecule has 1 aromatic carbocycles. The van der Waals surface area contributed by atoms with Crippen LogP contribution in [0.15, 0.2) is 46.0 Å². The first-order chi connectivity index (χ1) is 10.1. The van der Waals surface area contributed by atoms with Gasteiger partial charge in [0, 0.05) is 12.1 Å². The maximum absolute atomic E-state index is 11.8. The molecule has 21 heavy (non-hydrogen) atoms. The van der Waals surface area contributed by atoms with E-state index in [-0.39, 0.29) is 12.3 Å². The van der Waals surface area contributed by atoms with E-state index in [1.54, 1.807) is 23.5 Å². The Bertz CT molecular complexity index is 594. The fraction of sp³-hybridized carbons (Fsp3) is 0.200. The lowest BCUT2D eigenvalue weighted by atomic mass is 10.1. The number of anilines is 1. The minimum atomic E-state index is -0.807. The van der Waals surface area contributed by atoms with Crippen LogP contribution >= 0.6 is 23.1 Å². The predicted molar refractivity (Wildman–Crippen MR) is 86.1 cm³/mol. The molecule has 2 aromatic rings. The van der Waals surface area contributed by atoms with Crippen LogP contribution in [0.3, 0.4) is 0 Å². The Hall–Kier alpha value is -1.79. The van der Waals surface area contributed by atoms with Gasteiger partial charge in [0.05, 0.1) is 9.96 Å². The van der Waals surface area contributed by atoms with E-state index in [0.29, 0.717) is 12.2 Å². The summed E-state index contributed by atoms with van der Waals surface area (Å²) < 4.78 is 1.12. The minimum absolute atomic E-state index is 0.0494. The average Bonchev–Trinajstić information content (AvgIpc) is 2.98. The molecule has 0 bridgehead atoms. The van der Waals surface area contributed by atoms with Crippen LogP contribution in [0, 0.1) is 0 Å². The van der Waals surface area contributed by atoms with Gasteiger partial charge in [-0.2, -0.15) is 0 Å². The molecule has 0 saturated heterocycles. The number of benzene rings is 1. The fourth-order valence-corrected chi connectivity index (χ4v) is 3.27. The normalized spacial score (nSPS) is 10.3. The zero-order valence-electron chi connectivity index (χ0n) is 11.2. The van der Waals surface area contributed by atoms with Gasteiger partial charge < -0.3 is 10.4 Å². The van der Waals surface area contributed by atoms with Gasteiger partial charge in [-0.3, -0.25) is 9.59 Å². The van der Waals surface area contributed by atoms with E-state index in [1.807, 2.05) is 29.6 Å². The highest BCUT2D eigenvalue weighted by Crippen LogP contribution is 2.23. The first-order valence-corrected chi connectivity index (χ1v) is 8.27. The largest absolute Gasteiger partial charge is 0.481 e. The molecule has 1 aromatic heterocycles. The molecule has 4 nitrogen and oxygen atoms in total. The summed E-state index contributed by atoms with van der Waals surface area (Å²) in [7, 11) is 0. The van der Waals surface area contributed by atoms with Crippen molar-refractivity contribution >= 4 is 40.7 Å². The van der Waals surface area contributed by atoms with E-state index in [9.17, 15) is 9.59 Å². The highest BCUT2D eigenvalue weighted by Gasteiger charge is 2.05. The van der Waals surface area contributed by atoms with Crippen LogP contribution < -0.4 is 5.32 Å². The number of carboxylic acids is 1. The number of aliphatic carboxylic acids is 1. The second-order valence-corrected chi connectivity index (χ2v) is 6.58. The van der Waals surface area contributed by atoms with Crippen LogP contribution in [0.2, 0.25) is 0 Å². The van der Waals surface area contributed by atoms with Gasteiger partial charge in [-0.25, -0.2) is 0 Å². The third-order valence-corrected chi connectivity index (χ3v) is 4.84. The standard InChI is InChI=1S/C15H15NO3S2/c17-13(10-21-15-2-1-9-20-15)16-12-6-3-11(4-7-12)5-8-14(18)19/h1-4,6-7,9H,5,8,10H2,(H,16,17)(H,18,19). The van der Waals surface area contributed by atoms with Crippen molar-refractivity contribution in [2.45, 2.75) is 17.1 Å². The summed E-state index contributed by atoms with van der Waals surface area (Å²) in [5, 5.41) is 13.4. The highest BCUT2D eigenvalue weighted by molar-refractivity contribution is 8.01. The number of amides is 1. The van der Waals surface area contributed by atoms with Gasteiger partial charge in [0.15, 0.2) is 0 Å². The second kappa shape index (κ2) is 7.85. The summed E-state index contributed by atoms with van der Waals surface area (Å²) in [5.74, 6) is -0.481. The number of thiophene rings is 1. The molecule has 0 aliphatic carbocycles. The van der Waals surface area contributed by atoms with Crippen LogP contribution in [0.5, 0.6) is 0 Å². The Balaban J connectivity index is 1.79. The molecule has 0 saturated carbocycles. The first kappa shape index (κ1) is 15.6. The SMILES string of the molecule is O=C(O)CCc1ccc(NC(=O)CSc2cccs2)cc1. The van der Waals surface area contributed by atoms with Crippen molar-refractivity contribution in [2.24, 2.45) is 0 Å². The van der Waals surface area contributed by atoms with Gasteiger partial charge in [-0.15, -0.1) is 23.1 Å². The number of aryl methyl sites for hydroxylation is 1. The van der Waals surface area contributed by atoms with Gasteiger partial charge in [0.2, 0.25) is 5.91 Å². The Kier molecular flexibility index (Phi) is 5.83.